The number of fused-ring (bicyclic) bond motifs is 1. The second kappa shape index (κ2) is 10.0. The molecule has 0 spiro atoms. The monoisotopic (exact) mass is 563 g/mol. The Morgan fingerprint density at radius 3 is 2.75 bits per heavy atom. The summed E-state index contributed by atoms with van der Waals surface area (Å²) in [6.45, 7) is 5.85. The number of aliphatic imine (C=N–C) groups is 1. The highest BCUT2D eigenvalue weighted by molar-refractivity contribution is 14.0. The van der Waals surface area contributed by atoms with Crippen molar-refractivity contribution < 1.29 is 22.3 Å². The van der Waals surface area contributed by atoms with E-state index in [0.717, 1.165) is 30.9 Å². The van der Waals surface area contributed by atoms with E-state index in [4.69, 9.17) is 9.15 Å². The number of hydrogen-bond donors (Lipinski definition) is 2. The quantitative estimate of drug-likeness (QED) is 0.295. The van der Waals surface area contributed by atoms with Gasteiger partial charge in [-0.2, -0.15) is 13.2 Å². The summed E-state index contributed by atoms with van der Waals surface area (Å²) in [7, 11) is 0. The molecule has 1 aromatic heterocycles. The van der Waals surface area contributed by atoms with Crippen molar-refractivity contribution in [2.24, 2.45) is 16.3 Å². The highest BCUT2D eigenvalue weighted by Gasteiger charge is 2.59. The summed E-state index contributed by atoms with van der Waals surface area (Å²) in [5, 5.41) is 6.82. The lowest BCUT2D eigenvalue weighted by molar-refractivity contribution is -0.137. The smallest absolute Gasteiger partial charge is 0.416 e. The van der Waals surface area contributed by atoms with Crippen LogP contribution in [0.4, 0.5) is 13.2 Å². The van der Waals surface area contributed by atoms with Gasteiger partial charge in [0.15, 0.2) is 5.96 Å². The van der Waals surface area contributed by atoms with Crippen molar-refractivity contribution in [2.45, 2.75) is 51.6 Å². The van der Waals surface area contributed by atoms with Crippen LogP contribution in [-0.2, 0) is 23.9 Å². The van der Waals surface area contributed by atoms with Crippen molar-refractivity contribution in [3.8, 4) is 0 Å². The molecule has 32 heavy (non-hydrogen) atoms. The number of halogens is 4. The average Bonchev–Trinajstić information content (AvgIpc) is 3.40. The van der Waals surface area contributed by atoms with E-state index < -0.39 is 11.7 Å². The SMILES string of the molecule is CC1(C)C(NC(=NCc2cccc(C(F)(F)F)c2)NCCc2ccco2)C2CCOC21.I. The Bertz CT molecular complexity index is 915. The Kier molecular flexibility index (Phi) is 7.80. The minimum Gasteiger partial charge on any atom is -0.469 e. The van der Waals surface area contributed by atoms with Gasteiger partial charge in [-0.3, -0.25) is 0 Å². The predicted molar refractivity (Wildman–Crippen MR) is 127 cm³/mol. The molecule has 5 nitrogen and oxygen atoms in total. The zero-order valence-electron chi connectivity index (χ0n) is 18.1. The van der Waals surface area contributed by atoms with Crippen LogP contribution in [0.1, 0.15) is 37.2 Å². The number of ether oxygens (including phenoxy) is 1. The maximum atomic E-state index is 13.0. The molecular formula is C23H29F3IN3O2. The van der Waals surface area contributed by atoms with E-state index >= 15 is 0 Å². The second-order valence-electron chi connectivity index (χ2n) is 8.81. The first kappa shape index (κ1) is 24.9. The van der Waals surface area contributed by atoms with Crippen LogP contribution >= 0.6 is 24.0 Å². The van der Waals surface area contributed by atoms with Gasteiger partial charge in [0.05, 0.1) is 24.5 Å². The van der Waals surface area contributed by atoms with Gasteiger partial charge in [-0.1, -0.05) is 26.0 Å². The van der Waals surface area contributed by atoms with Crippen LogP contribution in [0.3, 0.4) is 0 Å². The van der Waals surface area contributed by atoms with E-state index in [2.05, 4.69) is 29.5 Å². The lowest BCUT2D eigenvalue weighted by atomic mass is 9.57. The molecule has 1 aliphatic heterocycles. The molecule has 2 aromatic rings. The van der Waals surface area contributed by atoms with Crippen LogP contribution in [0.25, 0.3) is 0 Å². The van der Waals surface area contributed by atoms with Gasteiger partial charge in [0.2, 0.25) is 0 Å². The Morgan fingerprint density at radius 1 is 1.22 bits per heavy atom. The number of rotatable bonds is 6. The molecule has 0 amide bonds. The fraction of sp³-hybridized carbons (Fsp3) is 0.522. The van der Waals surface area contributed by atoms with Gasteiger partial charge in [0, 0.05) is 36.9 Å². The first-order chi connectivity index (χ1) is 14.7. The Balaban J connectivity index is 0.00000289. The zero-order chi connectivity index (χ0) is 22.1. The van der Waals surface area contributed by atoms with Crippen LogP contribution in [0.5, 0.6) is 0 Å². The summed E-state index contributed by atoms with van der Waals surface area (Å²) >= 11 is 0. The van der Waals surface area contributed by atoms with Crippen LogP contribution in [0.2, 0.25) is 0 Å². The lowest BCUT2D eigenvalue weighted by Crippen LogP contribution is -2.68. The van der Waals surface area contributed by atoms with E-state index in [1.165, 1.54) is 6.07 Å². The third kappa shape index (κ3) is 5.41. The van der Waals surface area contributed by atoms with Gasteiger partial charge >= 0.3 is 6.18 Å². The molecule has 2 aliphatic rings. The molecular weight excluding hydrogens is 534 g/mol. The Labute approximate surface area is 203 Å². The number of furan rings is 1. The van der Waals surface area contributed by atoms with Crippen LogP contribution in [0, 0.1) is 11.3 Å². The van der Waals surface area contributed by atoms with Crippen LogP contribution in [0.15, 0.2) is 52.1 Å². The molecule has 1 saturated heterocycles. The molecule has 2 heterocycles. The van der Waals surface area contributed by atoms with Gasteiger partial charge < -0.3 is 19.8 Å². The third-order valence-electron chi connectivity index (χ3n) is 6.31. The molecule has 3 unspecified atom stereocenters. The summed E-state index contributed by atoms with van der Waals surface area (Å²) < 4.78 is 50.3. The standard InChI is InChI=1S/C23H28F3N3O2.HI/c1-22(2)19(18-9-12-31-20(18)22)29-21(27-10-8-17-7-4-11-30-17)28-14-15-5-3-6-16(13-15)23(24,25)26;/h3-7,11,13,18-20H,8-10,12,14H2,1-2H3,(H2,27,28,29);1H. The maximum absolute atomic E-state index is 13.0. The minimum atomic E-state index is -4.37. The van der Waals surface area contributed by atoms with E-state index in [1.54, 1.807) is 12.3 Å². The Morgan fingerprint density at radius 2 is 2.03 bits per heavy atom. The molecule has 0 bridgehead atoms. The average molecular weight is 563 g/mol. The highest BCUT2D eigenvalue weighted by atomic mass is 127. The van der Waals surface area contributed by atoms with Gasteiger partial charge in [-0.05, 0) is 36.2 Å². The molecule has 1 aliphatic carbocycles. The van der Waals surface area contributed by atoms with Crippen LogP contribution in [-0.4, -0.2) is 31.3 Å². The second-order valence-corrected chi connectivity index (χ2v) is 8.81. The minimum absolute atomic E-state index is 0. The topological polar surface area (TPSA) is 58.8 Å². The van der Waals surface area contributed by atoms with E-state index in [0.29, 0.717) is 30.4 Å². The number of benzene rings is 1. The molecule has 1 aromatic carbocycles. The fourth-order valence-electron chi connectivity index (χ4n) is 4.69. The molecule has 0 radical (unpaired) electrons. The molecule has 1 saturated carbocycles. The Hall–Kier alpha value is -1.75. The van der Waals surface area contributed by atoms with Crippen molar-refractivity contribution >= 4 is 29.9 Å². The number of alkyl halides is 3. The maximum Gasteiger partial charge on any atom is 0.416 e. The molecule has 2 fully saturated rings. The summed E-state index contributed by atoms with van der Waals surface area (Å²) in [5.41, 5.74) is -0.190. The summed E-state index contributed by atoms with van der Waals surface area (Å²) in [4.78, 5) is 4.59. The zero-order valence-corrected chi connectivity index (χ0v) is 20.4. The molecule has 2 N–H and O–H groups in total. The largest absolute Gasteiger partial charge is 0.469 e. The van der Waals surface area contributed by atoms with Crippen molar-refractivity contribution in [2.75, 3.05) is 13.2 Å². The lowest BCUT2D eigenvalue weighted by Gasteiger charge is -2.54. The number of hydrogen-bond acceptors (Lipinski definition) is 3. The van der Waals surface area contributed by atoms with E-state index in [1.807, 2.05) is 12.1 Å². The third-order valence-corrected chi connectivity index (χ3v) is 6.31. The van der Waals surface area contributed by atoms with Crippen molar-refractivity contribution in [1.82, 2.24) is 10.6 Å². The summed E-state index contributed by atoms with van der Waals surface area (Å²) in [6, 6.07) is 9.24. The number of nitrogens with zero attached hydrogens (tertiary/aromatic N) is 1. The molecule has 4 rings (SSSR count). The number of nitrogens with one attached hydrogen (secondary N) is 2. The molecule has 176 valence electrons. The van der Waals surface area contributed by atoms with Gasteiger partial charge in [-0.25, -0.2) is 4.99 Å². The fourth-order valence-corrected chi connectivity index (χ4v) is 4.69. The van der Waals surface area contributed by atoms with Gasteiger partial charge in [0.1, 0.15) is 5.76 Å². The summed E-state index contributed by atoms with van der Waals surface area (Å²) in [5.74, 6) is 1.87. The summed E-state index contributed by atoms with van der Waals surface area (Å²) in [6.07, 6.45) is -0.819. The molecule has 9 heteroatoms. The van der Waals surface area contributed by atoms with Crippen molar-refractivity contribution in [3.63, 3.8) is 0 Å². The molecule has 3 atom stereocenters. The first-order valence-electron chi connectivity index (χ1n) is 10.6. The highest BCUT2D eigenvalue weighted by Crippen LogP contribution is 2.52. The van der Waals surface area contributed by atoms with Crippen molar-refractivity contribution in [3.05, 3.63) is 59.5 Å². The van der Waals surface area contributed by atoms with Gasteiger partial charge in [-0.15, -0.1) is 24.0 Å². The van der Waals surface area contributed by atoms with Crippen molar-refractivity contribution in [1.29, 1.82) is 0 Å². The first-order valence-corrected chi connectivity index (χ1v) is 10.6. The van der Waals surface area contributed by atoms with Gasteiger partial charge in [0.25, 0.3) is 0 Å². The number of guanidine groups is 1. The van der Waals surface area contributed by atoms with E-state index in [-0.39, 0.29) is 48.1 Å². The van der Waals surface area contributed by atoms with E-state index in [9.17, 15) is 13.2 Å². The normalized spacial score (nSPS) is 24.3. The predicted octanol–water partition coefficient (Wildman–Crippen LogP) is 5.01. The van der Waals surface area contributed by atoms with Crippen LogP contribution < -0.4 is 10.6 Å².